The van der Waals surface area contributed by atoms with E-state index < -0.39 is 0 Å². The average Bonchev–Trinajstić information content (AvgIpc) is 2.82. The number of anilines is 1. The summed E-state index contributed by atoms with van der Waals surface area (Å²) in [6.45, 7) is 4.82. The molecule has 1 heterocycles. The fourth-order valence-electron chi connectivity index (χ4n) is 4.28. The molecule has 2 aromatic carbocycles. The van der Waals surface area contributed by atoms with Crippen LogP contribution in [0.15, 0.2) is 60.7 Å². The van der Waals surface area contributed by atoms with Crippen LogP contribution < -0.4 is 9.64 Å². The lowest BCUT2D eigenvalue weighted by molar-refractivity contribution is -0.120. The van der Waals surface area contributed by atoms with Crippen LogP contribution in [0.4, 0.5) is 5.69 Å². The molecule has 0 saturated heterocycles. The highest BCUT2D eigenvalue weighted by Crippen LogP contribution is 2.35. The van der Waals surface area contributed by atoms with Crippen molar-refractivity contribution in [3.8, 4) is 5.88 Å². The standard InChI is InChI=1S/C27H29ClN2O2/c1-18(2)20-9-14-23(15-10-20)30(17-19-7-12-22(28)13-8-19)27(31)24-6-4-5-21-11-16-25(32-3)29-26(21)24/h7-16,18,24H,4-6,17H2,1-3H3. The Bertz CT molecular complexity index is 1080. The molecule has 3 aromatic rings. The predicted octanol–water partition coefficient (Wildman–Crippen LogP) is 6.52. The second kappa shape index (κ2) is 9.74. The molecule has 4 rings (SSSR count). The van der Waals surface area contributed by atoms with Gasteiger partial charge in [-0.15, -0.1) is 0 Å². The number of carbonyl (C=O) groups is 1. The summed E-state index contributed by atoms with van der Waals surface area (Å²) in [5, 5.41) is 0.686. The van der Waals surface area contributed by atoms with Crippen LogP contribution in [0.1, 0.15) is 60.9 Å². The van der Waals surface area contributed by atoms with Gasteiger partial charge in [0, 0.05) is 16.8 Å². The molecule has 0 radical (unpaired) electrons. The Kier molecular flexibility index (Phi) is 6.80. The summed E-state index contributed by atoms with van der Waals surface area (Å²) in [6, 6.07) is 19.9. The van der Waals surface area contributed by atoms with Crippen molar-refractivity contribution in [2.24, 2.45) is 0 Å². The first-order valence-electron chi connectivity index (χ1n) is 11.2. The van der Waals surface area contributed by atoms with E-state index >= 15 is 0 Å². The zero-order chi connectivity index (χ0) is 22.7. The molecule has 4 nitrogen and oxygen atoms in total. The first-order chi connectivity index (χ1) is 15.5. The summed E-state index contributed by atoms with van der Waals surface area (Å²) in [5.74, 6) is 0.769. The molecule has 32 heavy (non-hydrogen) atoms. The number of pyridine rings is 1. The van der Waals surface area contributed by atoms with Gasteiger partial charge in [-0.25, -0.2) is 4.98 Å². The van der Waals surface area contributed by atoms with Gasteiger partial charge in [-0.1, -0.05) is 55.8 Å². The van der Waals surface area contributed by atoms with Crippen LogP contribution in [0.25, 0.3) is 0 Å². The highest BCUT2D eigenvalue weighted by molar-refractivity contribution is 6.30. The zero-order valence-corrected chi connectivity index (χ0v) is 19.6. The Balaban J connectivity index is 1.71. The van der Waals surface area contributed by atoms with Gasteiger partial charge in [-0.2, -0.15) is 0 Å². The van der Waals surface area contributed by atoms with Gasteiger partial charge in [0.1, 0.15) is 0 Å². The number of hydrogen-bond donors (Lipinski definition) is 0. The molecule has 5 heteroatoms. The van der Waals surface area contributed by atoms with Gasteiger partial charge < -0.3 is 9.64 Å². The maximum absolute atomic E-state index is 14.0. The molecular formula is C27H29ClN2O2. The second-order valence-corrected chi connectivity index (χ2v) is 9.08. The van der Waals surface area contributed by atoms with Crippen LogP contribution >= 0.6 is 11.6 Å². The van der Waals surface area contributed by atoms with E-state index in [1.54, 1.807) is 7.11 Å². The number of fused-ring (bicyclic) bond motifs is 1. The van der Waals surface area contributed by atoms with E-state index in [4.69, 9.17) is 16.3 Å². The first kappa shape index (κ1) is 22.3. The Hall–Kier alpha value is -2.85. The Morgan fingerprint density at radius 3 is 2.47 bits per heavy atom. The quantitative estimate of drug-likeness (QED) is 0.431. The minimum Gasteiger partial charge on any atom is -0.481 e. The summed E-state index contributed by atoms with van der Waals surface area (Å²) >= 11 is 6.08. The largest absolute Gasteiger partial charge is 0.481 e. The number of ether oxygens (including phenoxy) is 1. The lowest BCUT2D eigenvalue weighted by Crippen LogP contribution is -2.36. The lowest BCUT2D eigenvalue weighted by Gasteiger charge is -2.31. The van der Waals surface area contributed by atoms with Crippen LogP contribution in [0.2, 0.25) is 5.02 Å². The monoisotopic (exact) mass is 448 g/mol. The van der Waals surface area contributed by atoms with Crippen molar-refractivity contribution in [2.75, 3.05) is 12.0 Å². The van der Waals surface area contributed by atoms with Crippen molar-refractivity contribution in [3.63, 3.8) is 0 Å². The Labute approximate surface area is 195 Å². The van der Waals surface area contributed by atoms with Gasteiger partial charge >= 0.3 is 0 Å². The van der Waals surface area contributed by atoms with Crippen LogP contribution in [-0.4, -0.2) is 18.0 Å². The summed E-state index contributed by atoms with van der Waals surface area (Å²) in [7, 11) is 1.61. The topological polar surface area (TPSA) is 42.4 Å². The van der Waals surface area contributed by atoms with Crippen LogP contribution in [0, 0.1) is 0 Å². The molecule has 1 amide bonds. The summed E-state index contributed by atoms with van der Waals surface area (Å²) in [4.78, 5) is 20.5. The smallest absolute Gasteiger partial charge is 0.236 e. The molecule has 0 aliphatic heterocycles. The van der Waals surface area contributed by atoms with Gasteiger partial charge in [-0.3, -0.25) is 4.79 Å². The Morgan fingerprint density at radius 1 is 1.09 bits per heavy atom. The highest BCUT2D eigenvalue weighted by atomic mass is 35.5. The zero-order valence-electron chi connectivity index (χ0n) is 18.8. The molecule has 0 spiro atoms. The average molecular weight is 449 g/mol. The third kappa shape index (κ3) is 4.81. The molecule has 0 bridgehead atoms. The normalized spacial score (nSPS) is 15.3. The van der Waals surface area contributed by atoms with E-state index in [1.165, 1.54) is 5.56 Å². The minimum absolute atomic E-state index is 0.0685. The van der Waals surface area contributed by atoms with Crippen molar-refractivity contribution in [3.05, 3.63) is 88.1 Å². The molecule has 0 saturated carbocycles. The molecule has 166 valence electrons. The fourth-order valence-corrected chi connectivity index (χ4v) is 4.41. The molecule has 1 aromatic heterocycles. The number of carbonyl (C=O) groups excluding carboxylic acids is 1. The number of aromatic nitrogens is 1. The number of methoxy groups -OCH3 is 1. The van der Waals surface area contributed by atoms with E-state index in [1.807, 2.05) is 53.4 Å². The third-order valence-corrected chi connectivity index (χ3v) is 6.41. The minimum atomic E-state index is -0.286. The molecule has 0 fully saturated rings. The van der Waals surface area contributed by atoms with Gasteiger partial charge in [0.2, 0.25) is 11.8 Å². The van der Waals surface area contributed by atoms with Gasteiger partial charge in [0.05, 0.1) is 25.3 Å². The van der Waals surface area contributed by atoms with Crippen molar-refractivity contribution in [1.29, 1.82) is 0 Å². The van der Waals surface area contributed by atoms with E-state index in [0.29, 0.717) is 23.4 Å². The van der Waals surface area contributed by atoms with Crippen LogP contribution in [0.3, 0.4) is 0 Å². The molecule has 1 atom stereocenters. The van der Waals surface area contributed by atoms with E-state index in [9.17, 15) is 4.79 Å². The summed E-state index contributed by atoms with van der Waals surface area (Å²) in [5.41, 5.74) is 5.16. The van der Waals surface area contributed by atoms with Gasteiger partial charge in [0.25, 0.3) is 0 Å². The second-order valence-electron chi connectivity index (χ2n) is 8.64. The number of amides is 1. The molecular weight excluding hydrogens is 420 g/mol. The molecule has 1 aliphatic carbocycles. The maximum atomic E-state index is 14.0. The molecule has 1 unspecified atom stereocenters. The van der Waals surface area contributed by atoms with Crippen LogP contribution in [-0.2, 0) is 17.8 Å². The fraction of sp³-hybridized carbons (Fsp3) is 0.333. The number of halogens is 1. The van der Waals surface area contributed by atoms with E-state index in [-0.39, 0.29) is 11.8 Å². The van der Waals surface area contributed by atoms with Crippen molar-refractivity contribution in [1.82, 2.24) is 4.98 Å². The van der Waals surface area contributed by atoms with Crippen molar-refractivity contribution in [2.45, 2.75) is 51.5 Å². The number of benzene rings is 2. The van der Waals surface area contributed by atoms with E-state index in [0.717, 1.165) is 41.8 Å². The maximum Gasteiger partial charge on any atom is 0.236 e. The number of nitrogens with zero attached hydrogens (tertiary/aromatic N) is 2. The highest BCUT2D eigenvalue weighted by Gasteiger charge is 2.32. The summed E-state index contributed by atoms with van der Waals surface area (Å²) in [6.07, 6.45) is 2.70. The van der Waals surface area contributed by atoms with Gasteiger partial charge in [-0.05, 0) is 66.1 Å². The van der Waals surface area contributed by atoms with Crippen molar-refractivity contribution >= 4 is 23.2 Å². The first-order valence-corrected chi connectivity index (χ1v) is 11.5. The predicted molar refractivity (Wildman–Crippen MR) is 130 cm³/mol. The van der Waals surface area contributed by atoms with Crippen molar-refractivity contribution < 1.29 is 9.53 Å². The van der Waals surface area contributed by atoms with Crippen LogP contribution in [0.5, 0.6) is 5.88 Å². The number of hydrogen-bond acceptors (Lipinski definition) is 3. The molecule has 1 aliphatic rings. The Morgan fingerprint density at radius 2 is 1.81 bits per heavy atom. The lowest BCUT2D eigenvalue weighted by atomic mass is 9.85. The molecule has 0 N–H and O–H groups in total. The number of aryl methyl sites for hydroxylation is 1. The van der Waals surface area contributed by atoms with E-state index in [2.05, 4.69) is 31.0 Å². The SMILES string of the molecule is COc1ccc2c(n1)C(C(=O)N(Cc1ccc(Cl)cc1)c1ccc(C(C)C)cc1)CCC2. The third-order valence-electron chi connectivity index (χ3n) is 6.15. The summed E-state index contributed by atoms with van der Waals surface area (Å²) < 4.78 is 5.35. The van der Waals surface area contributed by atoms with Gasteiger partial charge in [0.15, 0.2) is 0 Å². The number of rotatable bonds is 6.